The Balaban J connectivity index is 1.91. The van der Waals surface area contributed by atoms with E-state index in [9.17, 15) is 9.59 Å². The van der Waals surface area contributed by atoms with Crippen molar-refractivity contribution < 1.29 is 19.1 Å². The Bertz CT molecular complexity index is 609. The van der Waals surface area contributed by atoms with Crippen LogP contribution in [-0.2, 0) is 16.0 Å². The molecule has 8 heteroatoms. The number of aryl methyl sites for hydroxylation is 1. The molecule has 112 valence electrons. The maximum atomic E-state index is 11.9. The smallest absolute Gasteiger partial charge is 0.323 e. The van der Waals surface area contributed by atoms with Crippen LogP contribution in [0, 0.1) is 0 Å². The van der Waals surface area contributed by atoms with Crippen LogP contribution in [0.4, 0.5) is 0 Å². The van der Waals surface area contributed by atoms with E-state index in [4.69, 9.17) is 9.52 Å². The minimum absolute atomic E-state index is 0.145. The number of nitrogens with zero attached hydrogens (tertiary/aromatic N) is 3. The second-order valence-electron chi connectivity index (χ2n) is 4.31. The van der Waals surface area contributed by atoms with Crippen LogP contribution in [0.15, 0.2) is 21.2 Å². The van der Waals surface area contributed by atoms with E-state index in [0.717, 1.165) is 5.56 Å². The molecule has 0 aliphatic rings. The van der Waals surface area contributed by atoms with Crippen LogP contribution in [0.25, 0.3) is 11.5 Å². The van der Waals surface area contributed by atoms with Gasteiger partial charge in [0.1, 0.15) is 6.54 Å². The second kappa shape index (κ2) is 6.98. The predicted molar refractivity (Wildman–Crippen MR) is 75.8 cm³/mol. The molecule has 0 aliphatic heterocycles. The molecule has 0 aromatic carbocycles. The van der Waals surface area contributed by atoms with Crippen molar-refractivity contribution >= 4 is 23.2 Å². The van der Waals surface area contributed by atoms with Gasteiger partial charge in [0.05, 0.1) is 0 Å². The van der Waals surface area contributed by atoms with Gasteiger partial charge in [0.25, 0.3) is 0 Å². The van der Waals surface area contributed by atoms with Crippen LogP contribution < -0.4 is 0 Å². The fourth-order valence-electron chi connectivity index (χ4n) is 1.77. The largest absolute Gasteiger partial charge is 0.480 e. The monoisotopic (exact) mass is 309 g/mol. The third-order valence-electron chi connectivity index (χ3n) is 2.85. The quantitative estimate of drug-likeness (QED) is 0.835. The Hall–Kier alpha value is -2.22. The number of hydrogen-bond acceptors (Lipinski definition) is 6. The lowest BCUT2D eigenvalue weighted by molar-refractivity contribution is -0.144. The molecule has 0 saturated carbocycles. The average Bonchev–Trinajstić information content (AvgIpc) is 3.12. The lowest BCUT2D eigenvalue weighted by Gasteiger charge is -2.17. The summed E-state index contributed by atoms with van der Waals surface area (Å²) in [6, 6.07) is 1.87. The van der Waals surface area contributed by atoms with E-state index in [-0.39, 0.29) is 18.9 Å². The third kappa shape index (κ3) is 4.12. The highest BCUT2D eigenvalue weighted by Crippen LogP contribution is 2.20. The molecule has 7 nitrogen and oxygen atoms in total. The van der Waals surface area contributed by atoms with Gasteiger partial charge < -0.3 is 14.4 Å². The number of aromatic nitrogens is 2. The Labute approximate surface area is 125 Å². The molecule has 1 amide bonds. The molecule has 21 heavy (non-hydrogen) atoms. The van der Waals surface area contributed by atoms with E-state index in [1.807, 2.05) is 16.8 Å². The topological polar surface area (TPSA) is 96.5 Å². The van der Waals surface area contributed by atoms with Crippen molar-refractivity contribution in [1.29, 1.82) is 0 Å². The molecule has 0 bridgehead atoms. The van der Waals surface area contributed by atoms with E-state index in [1.54, 1.807) is 6.92 Å². The summed E-state index contributed by atoms with van der Waals surface area (Å²) < 4.78 is 5.47. The normalized spacial score (nSPS) is 10.5. The molecule has 2 aromatic heterocycles. The number of hydrogen-bond donors (Lipinski definition) is 1. The maximum Gasteiger partial charge on any atom is 0.323 e. The van der Waals surface area contributed by atoms with Crippen molar-refractivity contribution in [3.8, 4) is 11.5 Å². The number of carboxylic acid groups (broad SMARTS) is 1. The molecule has 1 N–H and O–H groups in total. The first-order valence-corrected chi connectivity index (χ1v) is 7.39. The van der Waals surface area contributed by atoms with Crippen LogP contribution in [0.5, 0.6) is 0 Å². The first-order valence-electron chi connectivity index (χ1n) is 6.44. The Kier molecular flexibility index (Phi) is 5.04. The van der Waals surface area contributed by atoms with Crippen LogP contribution in [-0.4, -0.2) is 45.2 Å². The molecular weight excluding hydrogens is 294 g/mol. The molecule has 0 saturated heterocycles. The van der Waals surface area contributed by atoms with Crippen LogP contribution in [0.1, 0.15) is 19.2 Å². The van der Waals surface area contributed by atoms with Crippen LogP contribution in [0.3, 0.4) is 0 Å². The minimum Gasteiger partial charge on any atom is -0.480 e. The van der Waals surface area contributed by atoms with Gasteiger partial charge in [-0.05, 0) is 18.4 Å². The summed E-state index contributed by atoms with van der Waals surface area (Å²) in [5.74, 6) is -0.467. The standard InChI is InChI=1S/C13H15N3O4S/c1-2-16(7-12(18)19)11(17)4-3-10-14-15-13(20-10)9-5-6-21-8-9/h5-6,8H,2-4,7H2,1H3,(H,18,19). The Morgan fingerprint density at radius 1 is 1.43 bits per heavy atom. The lowest BCUT2D eigenvalue weighted by Crippen LogP contribution is -2.35. The van der Waals surface area contributed by atoms with Gasteiger partial charge in [0, 0.05) is 30.3 Å². The summed E-state index contributed by atoms with van der Waals surface area (Å²) in [6.07, 6.45) is 0.443. The van der Waals surface area contributed by atoms with Crippen molar-refractivity contribution in [3.63, 3.8) is 0 Å². The van der Waals surface area contributed by atoms with E-state index in [2.05, 4.69) is 10.2 Å². The van der Waals surface area contributed by atoms with Crippen molar-refractivity contribution in [2.45, 2.75) is 19.8 Å². The second-order valence-corrected chi connectivity index (χ2v) is 5.09. The minimum atomic E-state index is -1.03. The first kappa shape index (κ1) is 15.2. The summed E-state index contributed by atoms with van der Waals surface area (Å²) in [4.78, 5) is 23.8. The van der Waals surface area contributed by atoms with Gasteiger partial charge >= 0.3 is 5.97 Å². The maximum absolute atomic E-state index is 11.9. The van der Waals surface area contributed by atoms with Gasteiger partial charge in [-0.25, -0.2) is 0 Å². The lowest BCUT2D eigenvalue weighted by atomic mass is 10.2. The number of thiophene rings is 1. The van der Waals surface area contributed by atoms with Crippen LogP contribution >= 0.6 is 11.3 Å². The number of carboxylic acids is 1. The summed E-state index contributed by atoms with van der Waals surface area (Å²) in [5.41, 5.74) is 0.853. The molecule has 2 rings (SSSR count). The van der Waals surface area contributed by atoms with Crippen molar-refractivity contribution in [3.05, 3.63) is 22.7 Å². The van der Waals surface area contributed by atoms with E-state index in [1.165, 1.54) is 16.2 Å². The molecule has 2 aromatic rings. The number of rotatable bonds is 7. The molecule has 0 radical (unpaired) electrons. The number of amides is 1. The molecule has 0 atom stereocenters. The highest BCUT2D eigenvalue weighted by Gasteiger charge is 2.16. The zero-order valence-corrected chi connectivity index (χ0v) is 12.3. The average molecular weight is 309 g/mol. The fourth-order valence-corrected chi connectivity index (χ4v) is 2.40. The van der Waals surface area contributed by atoms with Crippen LogP contribution in [0.2, 0.25) is 0 Å². The first-order chi connectivity index (χ1) is 10.1. The molecule has 0 unspecified atom stereocenters. The van der Waals surface area contributed by atoms with Crippen molar-refractivity contribution in [2.75, 3.05) is 13.1 Å². The molecule has 0 aliphatic carbocycles. The summed E-state index contributed by atoms with van der Waals surface area (Å²) in [5, 5.41) is 20.3. The van der Waals surface area contributed by atoms with Crippen molar-refractivity contribution in [1.82, 2.24) is 15.1 Å². The number of carbonyl (C=O) groups excluding carboxylic acids is 1. The predicted octanol–water partition coefficient (Wildman–Crippen LogP) is 1.66. The number of carbonyl (C=O) groups is 2. The van der Waals surface area contributed by atoms with E-state index >= 15 is 0 Å². The number of likely N-dealkylation sites (N-methyl/N-ethyl adjacent to an activating group) is 1. The number of aliphatic carboxylic acids is 1. The zero-order valence-electron chi connectivity index (χ0n) is 11.5. The van der Waals surface area contributed by atoms with E-state index < -0.39 is 5.97 Å². The Morgan fingerprint density at radius 2 is 2.24 bits per heavy atom. The van der Waals surface area contributed by atoms with Gasteiger partial charge in [-0.2, -0.15) is 11.3 Å². The summed E-state index contributed by atoms with van der Waals surface area (Å²) >= 11 is 1.53. The summed E-state index contributed by atoms with van der Waals surface area (Å²) in [7, 11) is 0. The van der Waals surface area contributed by atoms with Crippen molar-refractivity contribution in [2.24, 2.45) is 0 Å². The molecule has 2 heterocycles. The van der Waals surface area contributed by atoms with E-state index in [0.29, 0.717) is 24.7 Å². The molecule has 0 fully saturated rings. The Morgan fingerprint density at radius 3 is 2.86 bits per heavy atom. The molecule has 0 spiro atoms. The fraction of sp³-hybridized carbons (Fsp3) is 0.385. The van der Waals surface area contributed by atoms with Gasteiger partial charge in [-0.15, -0.1) is 10.2 Å². The zero-order chi connectivity index (χ0) is 15.2. The van der Waals surface area contributed by atoms with Gasteiger partial charge in [-0.1, -0.05) is 0 Å². The SMILES string of the molecule is CCN(CC(=O)O)C(=O)CCc1nnc(-c2ccsc2)o1. The summed E-state index contributed by atoms with van der Waals surface area (Å²) in [6.45, 7) is 1.80. The molecular formula is C13H15N3O4S. The highest BCUT2D eigenvalue weighted by molar-refractivity contribution is 7.08. The third-order valence-corrected chi connectivity index (χ3v) is 3.53. The van der Waals surface area contributed by atoms with Gasteiger partial charge in [0.2, 0.25) is 17.7 Å². The highest BCUT2D eigenvalue weighted by atomic mass is 32.1. The van der Waals surface area contributed by atoms with Gasteiger partial charge in [-0.3, -0.25) is 9.59 Å². The van der Waals surface area contributed by atoms with Gasteiger partial charge in [0.15, 0.2) is 0 Å².